The van der Waals surface area contributed by atoms with Crippen molar-refractivity contribution >= 4 is 35.5 Å². The van der Waals surface area contributed by atoms with Crippen LogP contribution in [0.1, 0.15) is 63.5 Å². The Kier molecular flexibility index (Phi) is 10.4. The van der Waals surface area contributed by atoms with Crippen molar-refractivity contribution in [3.8, 4) is 0 Å². The predicted molar refractivity (Wildman–Crippen MR) is 163 cm³/mol. The summed E-state index contributed by atoms with van der Waals surface area (Å²) in [5.41, 5.74) is 1.36. The van der Waals surface area contributed by atoms with Gasteiger partial charge in [-0.05, 0) is 30.6 Å². The van der Waals surface area contributed by atoms with Crippen LogP contribution in [-0.4, -0.2) is 116 Å². The van der Waals surface area contributed by atoms with Crippen LogP contribution < -0.4 is 5.32 Å². The molecule has 4 heterocycles. The van der Waals surface area contributed by atoms with Crippen LogP contribution in [0, 0.1) is 28.6 Å². The summed E-state index contributed by atoms with van der Waals surface area (Å²) in [5, 5.41) is 3.06. The third-order valence-electron chi connectivity index (χ3n) is 9.85. The average Bonchev–Trinajstić information content (AvgIpc) is 3.36. The maximum absolute atomic E-state index is 13.3. The summed E-state index contributed by atoms with van der Waals surface area (Å²) in [6.45, 7) is 10.9. The van der Waals surface area contributed by atoms with Crippen LogP contribution in [0.2, 0.25) is 0 Å². The number of hydrogen-bond acceptors (Lipinski definition) is 8. The monoisotopic (exact) mass is 619 g/mol. The minimum Gasteiger partial charge on any atom is -0.379 e. The Morgan fingerprint density at radius 3 is 2.42 bits per heavy atom. The first-order chi connectivity index (χ1) is 20.7. The molecule has 0 radical (unpaired) electrons. The fourth-order valence-electron chi connectivity index (χ4n) is 6.92. The summed E-state index contributed by atoms with van der Waals surface area (Å²) < 4.78 is 10.9. The number of carbonyl (C=O) groups excluding carboxylic acids is 4. The second-order valence-corrected chi connectivity index (χ2v) is 14.4. The van der Waals surface area contributed by atoms with E-state index in [1.165, 1.54) is 43.4 Å². The van der Waals surface area contributed by atoms with Gasteiger partial charge in [-0.3, -0.25) is 24.2 Å². The molecule has 240 valence electrons. The van der Waals surface area contributed by atoms with Crippen molar-refractivity contribution < 1.29 is 30.1 Å². The van der Waals surface area contributed by atoms with Gasteiger partial charge in [0.05, 0.1) is 37.4 Å². The zero-order chi connectivity index (χ0) is 30.5. The van der Waals surface area contributed by atoms with Gasteiger partial charge in [0, 0.05) is 65.2 Å². The average molecular weight is 620 g/mol. The summed E-state index contributed by atoms with van der Waals surface area (Å²) in [5.74, 6) is 0.497. The Morgan fingerprint density at radius 2 is 1.81 bits per heavy atom. The summed E-state index contributed by atoms with van der Waals surface area (Å²) in [7, 11) is 0. The highest BCUT2D eigenvalue weighted by Crippen LogP contribution is 2.54. The van der Waals surface area contributed by atoms with Gasteiger partial charge < -0.3 is 29.5 Å². The molecule has 3 saturated heterocycles. The van der Waals surface area contributed by atoms with Crippen molar-refractivity contribution in [2.45, 2.75) is 52.4 Å². The minimum absolute atomic E-state index is 0. The molecule has 1 aromatic rings. The van der Waals surface area contributed by atoms with Crippen LogP contribution in [0.3, 0.4) is 0 Å². The van der Waals surface area contributed by atoms with E-state index in [2.05, 4.69) is 24.1 Å². The molecule has 3 aliphatic heterocycles. The number of ether oxygens (including phenoxy) is 2. The smallest absolute Gasteiger partial charge is 0.265 e. The molecule has 2 atom stereocenters. The first kappa shape index (κ1) is 31.8. The van der Waals surface area contributed by atoms with E-state index in [1.807, 2.05) is 4.90 Å². The lowest BCUT2D eigenvalue weighted by atomic mass is 9.71. The van der Waals surface area contributed by atoms with E-state index in [-0.39, 0.29) is 41.8 Å². The summed E-state index contributed by atoms with van der Waals surface area (Å²) in [4.78, 5) is 59.3. The molecular formula is C31H49N5O6S. The van der Waals surface area contributed by atoms with Crippen LogP contribution in [0.4, 0.5) is 0 Å². The van der Waals surface area contributed by atoms with Gasteiger partial charge in [-0.1, -0.05) is 33.1 Å². The normalized spacial score (nSPS) is 25.9. The molecule has 1 spiro atoms. The zero-order valence-corrected chi connectivity index (χ0v) is 26.4. The molecule has 6 rings (SSSR count). The summed E-state index contributed by atoms with van der Waals surface area (Å²) in [6.07, 6.45) is 9.79. The van der Waals surface area contributed by atoms with Crippen molar-refractivity contribution in [1.29, 1.82) is 0 Å². The predicted octanol–water partition coefficient (Wildman–Crippen LogP) is 2.52. The van der Waals surface area contributed by atoms with Crippen molar-refractivity contribution in [2.75, 3.05) is 72.2 Å². The molecule has 0 bridgehead atoms. The lowest BCUT2D eigenvalue weighted by Crippen LogP contribution is -2.64. The standard InChI is InChI=1S/C26H38N4O4S.C5H9NO2.H2/c1-25(2)10-19(25)23(32)30-15-26(16-30)14-29(24(33)21-11-27-17-35-21)12-20(26)22(31)28-8-9-34-13-18-6-4-3-5-7-18;7-5-6-1-3-8-4-2-6;/h11,17-20H,3-10,12-16H2,1-2H3,(H,28,31);5H,1-4H2;1H/t19-,20+;;/m1../s1. The second-order valence-electron chi connectivity index (χ2n) is 13.5. The van der Waals surface area contributed by atoms with Crippen molar-refractivity contribution in [3.63, 3.8) is 0 Å². The van der Waals surface area contributed by atoms with Crippen LogP contribution in [-0.2, 0) is 23.9 Å². The van der Waals surface area contributed by atoms with E-state index in [1.54, 1.807) is 21.5 Å². The first-order valence-corrected chi connectivity index (χ1v) is 16.7. The molecule has 12 heteroatoms. The number of nitrogens with zero attached hydrogens (tertiary/aromatic N) is 4. The molecule has 5 aliphatic rings. The Balaban J connectivity index is 0.000000428. The highest BCUT2D eigenvalue weighted by Gasteiger charge is 2.61. The second kappa shape index (κ2) is 14.0. The molecular weight excluding hydrogens is 570 g/mol. The third-order valence-corrected chi connectivity index (χ3v) is 10.6. The number of amides is 4. The molecule has 11 nitrogen and oxygen atoms in total. The molecule has 5 fully saturated rings. The van der Waals surface area contributed by atoms with Gasteiger partial charge in [-0.15, -0.1) is 11.3 Å². The Morgan fingerprint density at radius 1 is 1.12 bits per heavy atom. The largest absolute Gasteiger partial charge is 0.379 e. The molecule has 4 amide bonds. The van der Waals surface area contributed by atoms with Crippen LogP contribution in [0.25, 0.3) is 0 Å². The summed E-state index contributed by atoms with van der Waals surface area (Å²) in [6, 6.07) is 0. The minimum atomic E-state index is -0.373. The third kappa shape index (κ3) is 7.75. The van der Waals surface area contributed by atoms with Gasteiger partial charge in [0.2, 0.25) is 18.2 Å². The molecule has 43 heavy (non-hydrogen) atoms. The van der Waals surface area contributed by atoms with Crippen molar-refractivity contribution in [2.24, 2.45) is 28.6 Å². The van der Waals surface area contributed by atoms with Gasteiger partial charge in [0.15, 0.2) is 0 Å². The number of likely N-dealkylation sites (tertiary alicyclic amines) is 2. The molecule has 2 aliphatic carbocycles. The molecule has 1 N–H and O–H groups in total. The molecule has 2 saturated carbocycles. The quantitative estimate of drug-likeness (QED) is 0.333. The number of thiazole rings is 1. The number of rotatable bonds is 9. The lowest BCUT2D eigenvalue weighted by Gasteiger charge is -2.50. The van der Waals surface area contributed by atoms with Crippen LogP contribution in [0.5, 0.6) is 0 Å². The van der Waals surface area contributed by atoms with Gasteiger partial charge in [0.1, 0.15) is 4.88 Å². The maximum Gasteiger partial charge on any atom is 0.265 e. The van der Waals surface area contributed by atoms with E-state index in [0.717, 1.165) is 32.5 Å². The Bertz CT molecular complexity index is 1120. The van der Waals surface area contributed by atoms with E-state index in [0.29, 0.717) is 63.3 Å². The van der Waals surface area contributed by atoms with Crippen molar-refractivity contribution in [1.82, 2.24) is 25.0 Å². The number of morpholine rings is 1. The fourth-order valence-corrected chi connectivity index (χ4v) is 7.50. The highest BCUT2D eigenvalue weighted by molar-refractivity contribution is 7.11. The van der Waals surface area contributed by atoms with Crippen LogP contribution in [0.15, 0.2) is 11.7 Å². The Labute approximate surface area is 260 Å². The lowest BCUT2D eigenvalue weighted by molar-refractivity contribution is -0.151. The van der Waals surface area contributed by atoms with Gasteiger partial charge in [-0.25, -0.2) is 0 Å². The molecule has 0 unspecified atom stereocenters. The number of aromatic nitrogens is 1. The fraction of sp³-hybridized carbons (Fsp3) is 0.774. The van der Waals surface area contributed by atoms with Gasteiger partial charge >= 0.3 is 0 Å². The van der Waals surface area contributed by atoms with Crippen LogP contribution >= 0.6 is 11.3 Å². The van der Waals surface area contributed by atoms with Gasteiger partial charge in [-0.2, -0.15) is 0 Å². The maximum atomic E-state index is 13.3. The van der Waals surface area contributed by atoms with E-state index < -0.39 is 0 Å². The molecule has 1 aromatic heterocycles. The summed E-state index contributed by atoms with van der Waals surface area (Å²) >= 11 is 1.32. The van der Waals surface area contributed by atoms with E-state index in [4.69, 9.17) is 9.47 Å². The number of hydrogen-bond donors (Lipinski definition) is 1. The van der Waals surface area contributed by atoms with Crippen molar-refractivity contribution in [3.05, 3.63) is 16.6 Å². The van der Waals surface area contributed by atoms with E-state index >= 15 is 0 Å². The first-order valence-electron chi connectivity index (χ1n) is 15.8. The number of carbonyl (C=O) groups is 4. The molecule has 0 aromatic carbocycles. The topological polar surface area (TPSA) is 121 Å². The number of nitrogens with one attached hydrogen (secondary N) is 1. The highest BCUT2D eigenvalue weighted by atomic mass is 32.1. The zero-order valence-electron chi connectivity index (χ0n) is 25.6. The SMILES string of the molecule is CC1(C)C[C@@H]1C(=O)N1CC2(CN(C(=O)c3cncs3)C[C@H]2C(=O)NCCOCC2CCCCC2)C1.O=CN1CCOCC1.[HH]. The van der Waals surface area contributed by atoms with E-state index in [9.17, 15) is 19.2 Å². The van der Waals surface area contributed by atoms with Gasteiger partial charge in [0.25, 0.3) is 5.91 Å². The Hall–Kier alpha value is -2.57.